The van der Waals surface area contributed by atoms with E-state index < -0.39 is 0 Å². The van der Waals surface area contributed by atoms with Crippen LogP contribution in [-0.4, -0.2) is 34.8 Å². The molecule has 1 aromatic heterocycles. The summed E-state index contributed by atoms with van der Waals surface area (Å²) in [6.07, 6.45) is 3.43. The Bertz CT molecular complexity index is 1010. The van der Waals surface area contributed by atoms with E-state index in [1.54, 1.807) is 10.7 Å². The molecule has 1 aliphatic heterocycles. The van der Waals surface area contributed by atoms with Gasteiger partial charge in [-0.25, -0.2) is 9.07 Å². The lowest BCUT2D eigenvalue weighted by Gasteiger charge is -2.19. The highest BCUT2D eigenvalue weighted by Gasteiger charge is 2.21. The van der Waals surface area contributed by atoms with Crippen LogP contribution in [0, 0.1) is 5.82 Å². The summed E-state index contributed by atoms with van der Waals surface area (Å²) in [5.74, 6) is -0.253. The average Bonchev–Trinajstić information content (AvgIpc) is 2.89. The first-order valence-electron chi connectivity index (χ1n) is 9.55. The number of fused-ring (bicyclic) bond motifs is 1. The molecule has 0 spiro atoms. The number of halogens is 1. The van der Waals surface area contributed by atoms with Gasteiger partial charge in [-0.2, -0.15) is 5.10 Å². The van der Waals surface area contributed by atoms with Crippen molar-refractivity contribution in [1.29, 1.82) is 0 Å². The van der Waals surface area contributed by atoms with Gasteiger partial charge in [0.25, 0.3) is 5.56 Å². The van der Waals surface area contributed by atoms with Crippen molar-refractivity contribution in [3.8, 4) is 0 Å². The third kappa shape index (κ3) is 3.78. The highest BCUT2D eigenvalue weighted by atomic mass is 19.1. The van der Waals surface area contributed by atoms with Gasteiger partial charge in [-0.15, -0.1) is 0 Å². The molecule has 1 atom stereocenters. The summed E-state index contributed by atoms with van der Waals surface area (Å²) in [6, 6.07) is 14.3. The average molecular weight is 365 g/mol. The van der Waals surface area contributed by atoms with E-state index in [1.165, 1.54) is 12.1 Å². The fraction of sp³-hybridized carbons (Fsp3) is 0.364. The van der Waals surface area contributed by atoms with Crippen molar-refractivity contribution in [3.05, 3.63) is 76.0 Å². The molecule has 0 radical (unpaired) electrons. The van der Waals surface area contributed by atoms with Crippen LogP contribution in [0.4, 0.5) is 4.39 Å². The Morgan fingerprint density at radius 3 is 2.70 bits per heavy atom. The van der Waals surface area contributed by atoms with Crippen LogP contribution in [0.5, 0.6) is 0 Å². The van der Waals surface area contributed by atoms with Crippen molar-refractivity contribution in [1.82, 2.24) is 14.7 Å². The second kappa shape index (κ2) is 7.61. The maximum Gasteiger partial charge on any atom is 0.274 e. The third-order valence-corrected chi connectivity index (χ3v) is 5.43. The molecule has 4 nitrogen and oxygen atoms in total. The van der Waals surface area contributed by atoms with Gasteiger partial charge < -0.3 is 4.90 Å². The molecule has 0 amide bonds. The number of hydrogen-bond acceptors (Lipinski definition) is 3. The zero-order chi connectivity index (χ0) is 18.8. The molecule has 0 aliphatic carbocycles. The summed E-state index contributed by atoms with van der Waals surface area (Å²) in [5.41, 5.74) is 1.66. The van der Waals surface area contributed by atoms with Gasteiger partial charge >= 0.3 is 0 Å². The quantitative estimate of drug-likeness (QED) is 0.709. The van der Waals surface area contributed by atoms with Gasteiger partial charge in [-0.1, -0.05) is 30.3 Å². The molecular formula is C22H24FN3O. The van der Waals surface area contributed by atoms with Crippen LogP contribution in [0.2, 0.25) is 0 Å². The van der Waals surface area contributed by atoms with E-state index >= 15 is 0 Å². The van der Waals surface area contributed by atoms with Crippen LogP contribution >= 0.6 is 0 Å². The number of benzene rings is 2. The molecule has 4 rings (SSSR count). The van der Waals surface area contributed by atoms with Gasteiger partial charge in [0.15, 0.2) is 0 Å². The SMILES string of the molecule is CN1CCCC(n2nc(Cc3cccc(F)c3)c3ccccc3c2=O)CC1. The smallest absolute Gasteiger partial charge is 0.274 e. The number of nitrogens with zero attached hydrogens (tertiary/aromatic N) is 3. The highest BCUT2D eigenvalue weighted by molar-refractivity contribution is 5.83. The zero-order valence-corrected chi connectivity index (χ0v) is 15.6. The number of hydrogen-bond donors (Lipinski definition) is 0. The minimum atomic E-state index is -0.253. The maximum atomic E-state index is 13.6. The molecule has 3 aromatic rings. The molecule has 2 aromatic carbocycles. The van der Waals surface area contributed by atoms with Crippen molar-refractivity contribution in [3.63, 3.8) is 0 Å². The molecule has 2 heterocycles. The second-order valence-corrected chi connectivity index (χ2v) is 7.44. The number of likely N-dealkylation sites (tertiary alicyclic amines) is 1. The number of aromatic nitrogens is 2. The first-order chi connectivity index (χ1) is 13.1. The van der Waals surface area contributed by atoms with Crippen LogP contribution in [-0.2, 0) is 6.42 Å². The van der Waals surface area contributed by atoms with Crippen LogP contribution in [0.1, 0.15) is 36.6 Å². The van der Waals surface area contributed by atoms with Crippen LogP contribution in [0.15, 0.2) is 53.3 Å². The van der Waals surface area contributed by atoms with Crippen molar-refractivity contribution in [2.24, 2.45) is 0 Å². The summed E-state index contributed by atoms with van der Waals surface area (Å²) < 4.78 is 15.3. The van der Waals surface area contributed by atoms with Gasteiger partial charge in [0.2, 0.25) is 0 Å². The highest BCUT2D eigenvalue weighted by Crippen LogP contribution is 2.23. The second-order valence-electron chi connectivity index (χ2n) is 7.44. The van der Waals surface area contributed by atoms with E-state index in [9.17, 15) is 9.18 Å². The lowest BCUT2D eigenvalue weighted by Crippen LogP contribution is -2.29. The zero-order valence-electron chi connectivity index (χ0n) is 15.6. The van der Waals surface area contributed by atoms with E-state index in [2.05, 4.69) is 11.9 Å². The summed E-state index contributed by atoms with van der Waals surface area (Å²) in [7, 11) is 2.12. The van der Waals surface area contributed by atoms with E-state index in [4.69, 9.17) is 5.10 Å². The van der Waals surface area contributed by atoms with Gasteiger partial charge in [-0.3, -0.25) is 4.79 Å². The molecule has 1 fully saturated rings. The number of rotatable bonds is 3. The fourth-order valence-corrected chi connectivity index (χ4v) is 3.96. The fourth-order valence-electron chi connectivity index (χ4n) is 3.96. The molecule has 140 valence electrons. The Hall–Kier alpha value is -2.53. The largest absolute Gasteiger partial charge is 0.306 e. The molecule has 1 saturated heterocycles. The predicted molar refractivity (Wildman–Crippen MR) is 106 cm³/mol. The molecular weight excluding hydrogens is 341 g/mol. The molecule has 1 unspecified atom stereocenters. The Morgan fingerprint density at radius 1 is 1.07 bits per heavy atom. The Balaban J connectivity index is 1.80. The standard InChI is InChI=1S/C22H24FN3O/c1-25-12-5-8-18(11-13-25)26-22(27)20-10-3-2-9-19(20)21(24-26)15-16-6-4-7-17(23)14-16/h2-4,6-7,9-10,14,18H,5,8,11-13,15H2,1H3. The minimum Gasteiger partial charge on any atom is -0.306 e. The Kier molecular flexibility index (Phi) is 5.03. The van der Waals surface area contributed by atoms with Crippen LogP contribution in [0.25, 0.3) is 10.8 Å². The van der Waals surface area contributed by atoms with Crippen molar-refractivity contribution < 1.29 is 4.39 Å². The normalized spacial score (nSPS) is 18.5. The molecule has 27 heavy (non-hydrogen) atoms. The van der Waals surface area contributed by atoms with Crippen LogP contribution < -0.4 is 5.56 Å². The summed E-state index contributed by atoms with van der Waals surface area (Å²) >= 11 is 0. The third-order valence-electron chi connectivity index (χ3n) is 5.43. The topological polar surface area (TPSA) is 38.1 Å². The van der Waals surface area contributed by atoms with Crippen molar-refractivity contribution >= 4 is 10.8 Å². The predicted octanol–water partition coefficient (Wildman–Crippen LogP) is 3.78. The lowest BCUT2D eigenvalue weighted by atomic mass is 10.0. The molecule has 0 bridgehead atoms. The van der Waals surface area contributed by atoms with Crippen molar-refractivity contribution in [2.75, 3.05) is 20.1 Å². The first-order valence-corrected chi connectivity index (χ1v) is 9.55. The van der Waals surface area contributed by atoms with E-state index in [0.717, 1.165) is 49.0 Å². The van der Waals surface area contributed by atoms with E-state index in [-0.39, 0.29) is 17.4 Å². The monoisotopic (exact) mass is 365 g/mol. The maximum absolute atomic E-state index is 13.6. The van der Waals surface area contributed by atoms with E-state index in [1.807, 2.05) is 30.3 Å². The Labute approximate surface area is 158 Å². The molecule has 0 N–H and O–H groups in total. The van der Waals surface area contributed by atoms with Gasteiger partial charge in [0.05, 0.1) is 17.1 Å². The molecule has 5 heteroatoms. The van der Waals surface area contributed by atoms with Crippen molar-refractivity contribution in [2.45, 2.75) is 31.7 Å². The van der Waals surface area contributed by atoms with Gasteiger partial charge in [-0.05, 0) is 63.2 Å². The molecule has 0 saturated carbocycles. The molecule has 1 aliphatic rings. The summed E-state index contributed by atoms with van der Waals surface area (Å²) in [4.78, 5) is 15.4. The Morgan fingerprint density at radius 2 is 1.89 bits per heavy atom. The first kappa shape index (κ1) is 17.9. The summed E-state index contributed by atoms with van der Waals surface area (Å²) in [5, 5.41) is 6.33. The summed E-state index contributed by atoms with van der Waals surface area (Å²) in [6.45, 7) is 2.01. The van der Waals surface area contributed by atoms with Gasteiger partial charge in [0, 0.05) is 11.8 Å². The minimum absolute atomic E-state index is 0.0249. The van der Waals surface area contributed by atoms with E-state index in [0.29, 0.717) is 11.8 Å². The van der Waals surface area contributed by atoms with Gasteiger partial charge in [0.1, 0.15) is 5.82 Å². The van der Waals surface area contributed by atoms with Crippen LogP contribution in [0.3, 0.4) is 0 Å². The lowest BCUT2D eigenvalue weighted by molar-refractivity contribution is 0.334.